The van der Waals surface area contributed by atoms with Gasteiger partial charge in [-0.3, -0.25) is 33.6 Å². The Morgan fingerprint density at radius 3 is 1.26 bits per heavy atom. The van der Waals surface area contributed by atoms with Crippen molar-refractivity contribution in [1.29, 1.82) is 0 Å². The van der Waals surface area contributed by atoms with Crippen molar-refractivity contribution >= 4 is 41.8 Å². The molecule has 0 saturated carbocycles. The van der Waals surface area contributed by atoms with Crippen molar-refractivity contribution in [2.75, 3.05) is 19.8 Å². The molecule has 18 heteroatoms. The molecule has 47 heavy (non-hydrogen) atoms. The molecule has 2 rings (SSSR count). The number of carbonyl (C=O) groups is 7. The van der Waals surface area contributed by atoms with E-state index < -0.39 is 116 Å². The number of hydrogen-bond acceptors (Lipinski definition) is 18. The van der Waals surface area contributed by atoms with Crippen molar-refractivity contribution in [3.05, 3.63) is 12.7 Å². The van der Waals surface area contributed by atoms with Crippen molar-refractivity contribution in [2.45, 2.75) is 110 Å². The van der Waals surface area contributed by atoms with E-state index in [1.165, 1.54) is 6.08 Å². The molecule has 10 atom stereocenters. The number of esters is 7. The first-order chi connectivity index (χ1) is 22.0. The van der Waals surface area contributed by atoms with Gasteiger partial charge in [0, 0.05) is 48.5 Å². The first kappa shape index (κ1) is 39.1. The van der Waals surface area contributed by atoms with E-state index in [1.807, 2.05) is 0 Å². The van der Waals surface area contributed by atoms with Gasteiger partial charge in [-0.15, -0.1) is 6.58 Å². The Labute approximate surface area is 270 Å². The van der Waals surface area contributed by atoms with E-state index in [9.17, 15) is 33.6 Å². The molecule has 0 aromatic carbocycles. The molecule has 0 bridgehead atoms. The minimum Gasteiger partial charge on any atom is -0.463 e. The topological polar surface area (TPSA) is 221 Å². The maximum Gasteiger partial charge on any atom is 0.303 e. The maximum absolute atomic E-state index is 12.3. The van der Waals surface area contributed by atoms with Gasteiger partial charge in [0.2, 0.25) is 0 Å². The van der Waals surface area contributed by atoms with Crippen LogP contribution in [-0.2, 0) is 85.7 Å². The average molecular weight is 677 g/mol. The van der Waals surface area contributed by atoms with E-state index in [0.717, 1.165) is 48.5 Å². The highest BCUT2D eigenvalue weighted by Crippen LogP contribution is 2.35. The highest BCUT2D eigenvalue weighted by molar-refractivity contribution is 5.69. The van der Waals surface area contributed by atoms with Crippen LogP contribution in [0.4, 0.5) is 0 Å². The largest absolute Gasteiger partial charge is 0.463 e. The molecule has 0 unspecified atom stereocenters. The van der Waals surface area contributed by atoms with Crippen molar-refractivity contribution in [3.63, 3.8) is 0 Å². The SMILES string of the molecule is C=CCO[C@H]1O[C@H](COC(C)=O)[C@@H](OC(C)=O)[C@H](OC(C)=O)[C@@H]1O[C@H]1O[C@H](COC(C)=O)[C@@H](OC(C)=O)[C@H](OC(C)=O)[C@@H]1OC(C)=O. The molecule has 0 aliphatic carbocycles. The predicted octanol–water partition coefficient (Wildman–Crippen LogP) is -0.191. The first-order valence-electron chi connectivity index (χ1n) is 14.4. The van der Waals surface area contributed by atoms with Crippen LogP contribution in [0.1, 0.15) is 48.5 Å². The number of ether oxygens (including phenoxy) is 11. The molecule has 0 N–H and O–H groups in total. The van der Waals surface area contributed by atoms with E-state index in [4.69, 9.17) is 52.1 Å². The van der Waals surface area contributed by atoms with E-state index >= 15 is 0 Å². The minimum atomic E-state index is -1.76. The lowest BCUT2D eigenvalue weighted by atomic mass is 9.96. The van der Waals surface area contributed by atoms with Gasteiger partial charge >= 0.3 is 41.8 Å². The molecule has 0 aromatic heterocycles. The second kappa shape index (κ2) is 18.3. The van der Waals surface area contributed by atoms with Gasteiger partial charge in [-0.05, 0) is 0 Å². The number of hydrogen-bond donors (Lipinski definition) is 0. The fourth-order valence-electron chi connectivity index (χ4n) is 4.77. The molecular formula is C29H40O18. The van der Waals surface area contributed by atoms with Crippen molar-refractivity contribution in [2.24, 2.45) is 0 Å². The summed E-state index contributed by atoms with van der Waals surface area (Å²) < 4.78 is 61.3. The maximum atomic E-state index is 12.3. The van der Waals surface area contributed by atoms with Crippen LogP contribution in [0.3, 0.4) is 0 Å². The van der Waals surface area contributed by atoms with Crippen LogP contribution in [0.5, 0.6) is 0 Å². The third-order valence-corrected chi connectivity index (χ3v) is 6.26. The zero-order valence-electron chi connectivity index (χ0n) is 27.0. The Morgan fingerprint density at radius 1 is 0.511 bits per heavy atom. The summed E-state index contributed by atoms with van der Waals surface area (Å²) in [5.41, 5.74) is 0. The molecule has 2 saturated heterocycles. The Balaban J connectivity index is 2.70. The normalized spacial score (nSPS) is 30.1. The second-order valence-corrected chi connectivity index (χ2v) is 10.3. The lowest BCUT2D eigenvalue weighted by Crippen LogP contribution is -2.67. The van der Waals surface area contributed by atoms with Crippen molar-refractivity contribution in [1.82, 2.24) is 0 Å². The standard InChI is InChI=1S/C29H40O18/c1-9-10-37-28-26(24(42-17(6)34)22(40-15(4)32)20(45-28)11-38-13(2)30)47-29-27(44-19(8)36)25(43-18(7)35)23(41-16(5)33)21(46-29)12-39-14(3)31/h9,20-29H,1,10-12H2,2-8H3/t20-,21-,22-,23-,24+,25+,26+,27+,28+,29-/m1/s1. The Hall–Kier alpha value is -4.13. The van der Waals surface area contributed by atoms with Gasteiger partial charge < -0.3 is 52.1 Å². The van der Waals surface area contributed by atoms with Gasteiger partial charge in [-0.25, -0.2) is 0 Å². The molecule has 2 aliphatic rings. The predicted molar refractivity (Wildman–Crippen MR) is 149 cm³/mol. The quantitative estimate of drug-likeness (QED) is 0.132. The Bertz CT molecular complexity index is 1170. The molecule has 0 spiro atoms. The molecule has 0 amide bonds. The van der Waals surface area contributed by atoms with Gasteiger partial charge in [-0.2, -0.15) is 0 Å². The van der Waals surface area contributed by atoms with Crippen molar-refractivity contribution < 1.29 is 85.7 Å². The highest BCUT2D eigenvalue weighted by Gasteiger charge is 2.57. The van der Waals surface area contributed by atoms with Crippen LogP contribution in [0.15, 0.2) is 12.7 Å². The Kier molecular flexibility index (Phi) is 15.2. The number of rotatable bonds is 14. The van der Waals surface area contributed by atoms with Gasteiger partial charge in [-0.1, -0.05) is 6.08 Å². The van der Waals surface area contributed by atoms with E-state index in [-0.39, 0.29) is 6.61 Å². The summed E-state index contributed by atoms with van der Waals surface area (Å²) in [6, 6.07) is 0. The summed E-state index contributed by atoms with van der Waals surface area (Å²) in [5, 5.41) is 0. The lowest BCUT2D eigenvalue weighted by molar-refractivity contribution is -0.367. The average Bonchev–Trinajstić information content (AvgIpc) is 2.94. The summed E-state index contributed by atoms with van der Waals surface area (Å²) in [6.07, 6.45) is -13.9. The van der Waals surface area contributed by atoms with E-state index in [2.05, 4.69) is 6.58 Å². The third kappa shape index (κ3) is 12.2. The fraction of sp³-hybridized carbons (Fsp3) is 0.690. The van der Waals surface area contributed by atoms with Gasteiger partial charge in [0.05, 0.1) is 6.61 Å². The van der Waals surface area contributed by atoms with Gasteiger partial charge in [0.25, 0.3) is 0 Å². The zero-order valence-corrected chi connectivity index (χ0v) is 27.0. The summed E-state index contributed by atoms with van der Waals surface area (Å²) in [4.78, 5) is 84.4. The smallest absolute Gasteiger partial charge is 0.303 e. The van der Waals surface area contributed by atoms with E-state index in [1.54, 1.807) is 0 Å². The van der Waals surface area contributed by atoms with Crippen LogP contribution in [0, 0.1) is 0 Å². The summed E-state index contributed by atoms with van der Waals surface area (Å²) in [6.45, 7) is 9.92. The summed E-state index contributed by atoms with van der Waals surface area (Å²) in [5.74, 6) is -5.77. The minimum absolute atomic E-state index is 0.158. The van der Waals surface area contributed by atoms with Crippen LogP contribution in [0.25, 0.3) is 0 Å². The van der Waals surface area contributed by atoms with Crippen molar-refractivity contribution in [3.8, 4) is 0 Å². The third-order valence-electron chi connectivity index (χ3n) is 6.26. The van der Waals surface area contributed by atoms with Crippen LogP contribution >= 0.6 is 0 Å². The van der Waals surface area contributed by atoms with Gasteiger partial charge in [0.15, 0.2) is 49.2 Å². The zero-order chi connectivity index (χ0) is 35.4. The molecule has 264 valence electrons. The molecule has 0 aromatic rings. The number of carbonyl (C=O) groups excluding carboxylic acids is 7. The van der Waals surface area contributed by atoms with Crippen LogP contribution in [-0.4, -0.2) is 123 Å². The van der Waals surface area contributed by atoms with Gasteiger partial charge in [0.1, 0.15) is 25.4 Å². The molecule has 2 aliphatic heterocycles. The van der Waals surface area contributed by atoms with Crippen LogP contribution < -0.4 is 0 Å². The highest BCUT2D eigenvalue weighted by atomic mass is 16.8. The first-order valence-corrected chi connectivity index (χ1v) is 14.4. The molecule has 2 fully saturated rings. The molecule has 0 radical (unpaired) electrons. The molecule has 2 heterocycles. The fourth-order valence-corrected chi connectivity index (χ4v) is 4.77. The second-order valence-electron chi connectivity index (χ2n) is 10.3. The summed E-state index contributed by atoms with van der Waals surface area (Å²) >= 11 is 0. The monoisotopic (exact) mass is 676 g/mol. The van der Waals surface area contributed by atoms with Crippen LogP contribution in [0.2, 0.25) is 0 Å². The Morgan fingerprint density at radius 2 is 0.872 bits per heavy atom. The molecule has 18 nitrogen and oxygen atoms in total. The van der Waals surface area contributed by atoms with E-state index in [0.29, 0.717) is 0 Å². The molecular weight excluding hydrogens is 636 g/mol. The summed E-state index contributed by atoms with van der Waals surface area (Å²) in [7, 11) is 0. The lowest BCUT2D eigenvalue weighted by Gasteiger charge is -2.48.